The molecule has 1 aromatic heterocycles. The van der Waals surface area contributed by atoms with Gasteiger partial charge in [0.1, 0.15) is 11.6 Å². The highest BCUT2D eigenvalue weighted by Gasteiger charge is 2.11. The molecule has 1 amide bonds. The number of ether oxygens (including phenoxy) is 1. The maximum absolute atomic E-state index is 11.6. The van der Waals surface area contributed by atoms with Gasteiger partial charge in [0.15, 0.2) is 11.3 Å². The van der Waals surface area contributed by atoms with Crippen LogP contribution in [0.15, 0.2) is 57.9 Å². The number of para-hydroxylation sites is 2. The first-order valence-corrected chi connectivity index (χ1v) is 7.67. The number of benzene rings is 2. The molecule has 0 aliphatic heterocycles. The molecular weight excluding hydrogens is 318 g/mol. The number of fused-ring (bicyclic) bond motifs is 1. The molecule has 0 aliphatic carbocycles. The van der Waals surface area contributed by atoms with Crippen molar-refractivity contribution in [1.29, 1.82) is 5.26 Å². The Balaban J connectivity index is 2.30. The first-order valence-electron chi connectivity index (χ1n) is 7.67. The summed E-state index contributed by atoms with van der Waals surface area (Å²) in [7, 11) is 0. The molecular formula is C19H15N3O3. The fourth-order valence-electron chi connectivity index (χ4n) is 2.45. The van der Waals surface area contributed by atoms with Crippen LogP contribution >= 0.6 is 0 Å². The van der Waals surface area contributed by atoms with Crippen molar-refractivity contribution in [2.45, 2.75) is 6.92 Å². The fraction of sp³-hybridized carbons (Fsp3) is 0.105. The summed E-state index contributed by atoms with van der Waals surface area (Å²) in [5.41, 5.74) is 6.79. The van der Waals surface area contributed by atoms with Gasteiger partial charge in [0, 0.05) is 5.39 Å². The predicted molar refractivity (Wildman–Crippen MR) is 92.3 cm³/mol. The van der Waals surface area contributed by atoms with Crippen LogP contribution in [0.3, 0.4) is 0 Å². The highest BCUT2D eigenvalue weighted by Crippen LogP contribution is 2.25. The summed E-state index contributed by atoms with van der Waals surface area (Å²) in [6.45, 7) is 2.35. The van der Waals surface area contributed by atoms with Gasteiger partial charge in [-0.3, -0.25) is 4.79 Å². The standard InChI is InChI=1S/C19H15N3O3/c1-2-24-16-9-5-6-12-10-13(11-20)19(25-17(12)16)22-15-8-4-3-7-14(15)18(21)23/h3-10H,2H2,1H3,(H2,21,23). The van der Waals surface area contributed by atoms with Crippen molar-refractivity contribution in [1.82, 2.24) is 0 Å². The minimum Gasteiger partial charge on any atom is -0.490 e. The molecule has 2 aromatic carbocycles. The molecule has 124 valence electrons. The van der Waals surface area contributed by atoms with E-state index in [2.05, 4.69) is 11.1 Å². The lowest BCUT2D eigenvalue weighted by atomic mass is 10.1. The maximum Gasteiger partial charge on any atom is 0.250 e. The molecule has 0 saturated carbocycles. The topological polar surface area (TPSA) is 102 Å². The number of hydrogen-bond acceptors (Lipinski definition) is 5. The number of nitriles is 1. The van der Waals surface area contributed by atoms with E-state index in [0.717, 1.165) is 5.39 Å². The molecule has 25 heavy (non-hydrogen) atoms. The van der Waals surface area contributed by atoms with Crippen LogP contribution in [0.1, 0.15) is 22.8 Å². The second-order valence-corrected chi connectivity index (χ2v) is 5.18. The number of hydrogen-bond donors (Lipinski definition) is 1. The van der Waals surface area contributed by atoms with E-state index in [0.29, 0.717) is 23.6 Å². The van der Waals surface area contributed by atoms with Crippen molar-refractivity contribution in [2.24, 2.45) is 10.7 Å². The number of amides is 1. The number of rotatable bonds is 4. The van der Waals surface area contributed by atoms with Crippen LogP contribution in [0.4, 0.5) is 5.69 Å². The van der Waals surface area contributed by atoms with Gasteiger partial charge in [-0.1, -0.05) is 24.3 Å². The second-order valence-electron chi connectivity index (χ2n) is 5.18. The molecule has 0 radical (unpaired) electrons. The average Bonchev–Trinajstić information content (AvgIpc) is 2.62. The molecule has 0 atom stereocenters. The molecule has 0 unspecified atom stereocenters. The van der Waals surface area contributed by atoms with Gasteiger partial charge in [0.05, 0.1) is 17.9 Å². The third kappa shape index (κ3) is 3.21. The van der Waals surface area contributed by atoms with Crippen molar-refractivity contribution in [2.75, 3.05) is 6.61 Å². The normalized spacial score (nSPS) is 11.3. The van der Waals surface area contributed by atoms with Crippen LogP contribution in [0.25, 0.3) is 11.0 Å². The van der Waals surface area contributed by atoms with Gasteiger partial charge in [-0.15, -0.1) is 0 Å². The summed E-state index contributed by atoms with van der Waals surface area (Å²) < 4.78 is 11.4. The number of nitrogens with zero attached hydrogens (tertiary/aromatic N) is 2. The molecule has 1 heterocycles. The Hall–Kier alpha value is -3.59. The largest absolute Gasteiger partial charge is 0.490 e. The number of primary amides is 1. The van der Waals surface area contributed by atoms with E-state index < -0.39 is 5.91 Å². The van der Waals surface area contributed by atoms with E-state index in [4.69, 9.17) is 14.9 Å². The van der Waals surface area contributed by atoms with Crippen LogP contribution in [-0.2, 0) is 0 Å². The van der Waals surface area contributed by atoms with Gasteiger partial charge >= 0.3 is 0 Å². The Bertz CT molecular complexity index is 1060. The van der Waals surface area contributed by atoms with Gasteiger partial charge in [0.25, 0.3) is 5.91 Å². The summed E-state index contributed by atoms with van der Waals surface area (Å²) in [6, 6.07) is 15.8. The molecule has 6 heteroatoms. The molecule has 0 spiro atoms. The summed E-state index contributed by atoms with van der Waals surface area (Å²) in [5.74, 6) is -0.0437. The summed E-state index contributed by atoms with van der Waals surface area (Å²) in [6.07, 6.45) is 0. The lowest BCUT2D eigenvalue weighted by Gasteiger charge is -2.07. The van der Waals surface area contributed by atoms with Crippen LogP contribution in [0, 0.1) is 11.3 Å². The summed E-state index contributed by atoms with van der Waals surface area (Å²) in [4.78, 5) is 15.9. The smallest absolute Gasteiger partial charge is 0.250 e. The third-order valence-electron chi connectivity index (χ3n) is 3.55. The number of nitrogens with two attached hydrogens (primary N) is 1. The van der Waals surface area contributed by atoms with E-state index >= 15 is 0 Å². The van der Waals surface area contributed by atoms with E-state index in [9.17, 15) is 10.1 Å². The second kappa shape index (κ2) is 6.89. The maximum atomic E-state index is 11.6. The number of carbonyl (C=O) groups excluding carboxylic acids is 1. The van der Waals surface area contributed by atoms with E-state index in [1.165, 1.54) is 0 Å². The van der Waals surface area contributed by atoms with E-state index in [-0.39, 0.29) is 16.7 Å². The Labute approximate surface area is 143 Å². The Kier molecular flexibility index (Phi) is 4.48. The van der Waals surface area contributed by atoms with Crippen molar-refractivity contribution in [3.8, 4) is 11.8 Å². The van der Waals surface area contributed by atoms with Crippen molar-refractivity contribution in [3.05, 3.63) is 65.2 Å². The van der Waals surface area contributed by atoms with Crippen LogP contribution in [0.2, 0.25) is 0 Å². The van der Waals surface area contributed by atoms with E-state index in [1.54, 1.807) is 36.4 Å². The highest BCUT2D eigenvalue weighted by molar-refractivity contribution is 5.97. The highest BCUT2D eigenvalue weighted by atomic mass is 16.5. The molecule has 0 saturated heterocycles. The number of carbonyl (C=O) groups is 1. The monoisotopic (exact) mass is 333 g/mol. The van der Waals surface area contributed by atoms with Crippen LogP contribution < -0.4 is 16.0 Å². The van der Waals surface area contributed by atoms with E-state index in [1.807, 2.05) is 19.1 Å². The van der Waals surface area contributed by atoms with Crippen molar-refractivity contribution in [3.63, 3.8) is 0 Å². The summed E-state index contributed by atoms with van der Waals surface area (Å²) in [5, 5.41) is 10.1. The Morgan fingerprint density at radius 2 is 2.08 bits per heavy atom. The molecule has 3 rings (SSSR count). The zero-order valence-electron chi connectivity index (χ0n) is 13.5. The first kappa shape index (κ1) is 16.3. The lowest BCUT2D eigenvalue weighted by molar-refractivity contribution is 0.100. The lowest BCUT2D eigenvalue weighted by Crippen LogP contribution is -2.12. The average molecular weight is 333 g/mol. The molecule has 0 fully saturated rings. The molecule has 0 bridgehead atoms. The quantitative estimate of drug-likeness (QED) is 0.792. The minimum absolute atomic E-state index is 0.0934. The SMILES string of the molecule is CCOc1cccc2cc(C#N)c(=Nc3ccccc3C(N)=O)oc12. The van der Waals surface area contributed by atoms with Crippen molar-refractivity contribution >= 4 is 22.6 Å². The van der Waals surface area contributed by atoms with Gasteiger partial charge in [0.2, 0.25) is 5.55 Å². The minimum atomic E-state index is -0.603. The molecule has 3 aromatic rings. The van der Waals surface area contributed by atoms with Gasteiger partial charge < -0.3 is 14.9 Å². The fourth-order valence-corrected chi connectivity index (χ4v) is 2.45. The van der Waals surface area contributed by atoms with Crippen LogP contribution in [-0.4, -0.2) is 12.5 Å². The molecule has 0 aliphatic rings. The zero-order chi connectivity index (χ0) is 17.8. The first-order chi connectivity index (χ1) is 12.1. The molecule has 2 N–H and O–H groups in total. The van der Waals surface area contributed by atoms with Crippen LogP contribution in [0.5, 0.6) is 5.75 Å². The van der Waals surface area contributed by atoms with Gasteiger partial charge in [-0.2, -0.15) is 5.26 Å². The zero-order valence-corrected chi connectivity index (χ0v) is 13.5. The molecule has 6 nitrogen and oxygen atoms in total. The third-order valence-corrected chi connectivity index (χ3v) is 3.55. The van der Waals surface area contributed by atoms with Gasteiger partial charge in [-0.05, 0) is 31.2 Å². The van der Waals surface area contributed by atoms with Gasteiger partial charge in [-0.25, -0.2) is 4.99 Å². The predicted octanol–water partition coefficient (Wildman–Crippen LogP) is 3.03. The Morgan fingerprint density at radius 3 is 2.80 bits per heavy atom. The summed E-state index contributed by atoms with van der Waals surface area (Å²) >= 11 is 0. The van der Waals surface area contributed by atoms with Crippen molar-refractivity contribution < 1.29 is 13.9 Å². The Morgan fingerprint density at radius 1 is 1.28 bits per heavy atom.